The van der Waals surface area contributed by atoms with E-state index >= 15 is 0 Å². The summed E-state index contributed by atoms with van der Waals surface area (Å²) in [5.74, 6) is -0.115. The van der Waals surface area contributed by atoms with Crippen molar-refractivity contribution in [1.29, 1.82) is 0 Å². The van der Waals surface area contributed by atoms with Gasteiger partial charge < -0.3 is 19.9 Å². The Morgan fingerprint density at radius 2 is 1.75 bits per heavy atom. The van der Waals surface area contributed by atoms with Gasteiger partial charge in [-0.3, -0.25) is 4.79 Å². The fraction of sp³-hybridized carbons (Fsp3) is 0.212. The number of amides is 1. The van der Waals surface area contributed by atoms with Crippen molar-refractivity contribution in [1.82, 2.24) is 5.32 Å². The van der Waals surface area contributed by atoms with E-state index in [1.807, 2.05) is 24.3 Å². The van der Waals surface area contributed by atoms with Gasteiger partial charge in [-0.25, -0.2) is 9.38 Å². The van der Waals surface area contributed by atoms with Crippen LogP contribution in [0.4, 0.5) is 10.1 Å². The van der Waals surface area contributed by atoms with E-state index in [1.54, 1.807) is 66.7 Å². The van der Waals surface area contributed by atoms with E-state index in [4.69, 9.17) is 19.6 Å². The zero-order valence-corrected chi connectivity index (χ0v) is 25.2. The molecule has 5 rings (SSSR count). The summed E-state index contributed by atoms with van der Waals surface area (Å²) < 4.78 is 27.5. The fourth-order valence-corrected chi connectivity index (χ4v) is 5.44. The second-order valence-electron chi connectivity index (χ2n) is 10.1. The van der Waals surface area contributed by atoms with Crippen molar-refractivity contribution in [3.05, 3.63) is 140 Å². The Hall–Kier alpha value is -4.70. The lowest BCUT2D eigenvalue weighted by molar-refractivity contribution is -0.129. The predicted octanol–water partition coefficient (Wildman–Crippen LogP) is 7.11. The molecular weight excluding hydrogens is 629 g/mol. The van der Waals surface area contributed by atoms with Gasteiger partial charge in [0.15, 0.2) is 11.6 Å². The summed E-state index contributed by atoms with van der Waals surface area (Å²) in [5, 5.41) is 15.8. The van der Waals surface area contributed by atoms with Crippen molar-refractivity contribution in [2.75, 3.05) is 13.2 Å². The van der Waals surface area contributed by atoms with E-state index in [0.29, 0.717) is 41.2 Å². The molecule has 0 saturated carbocycles. The number of aliphatic hydroxyl groups is 1. The number of carbonyl (C=O) groups is 1. The van der Waals surface area contributed by atoms with E-state index < -0.39 is 23.4 Å². The first kappa shape index (κ1) is 30.7. The molecule has 0 saturated heterocycles. The molecule has 2 atom stereocenters. The number of benzene rings is 4. The molecule has 1 amide bonds. The summed E-state index contributed by atoms with van der Waals surface area (Å²) in [5.41, 5.74) is 10.2. The third-order valence-corrected chi connectivity index (χ3v) is 7.99. The van der Waals surface area contributed by atoms with Crippen molar-refractivity contribution < 1.29 is 23.8 Å². The maximum absolute atomic E-state index is 14.5. The van der Waals surface area contributed by atoms with Gasteiger partial charge >= 0.3 is 0 Å². The zero-order valence-electron chi connectivity index (χ0n) is 23.6. The van der Waals surface area contributed by atoms with Gasteiger partial charge in [0, 0.05) is 57.8 Å². The number of aliphatic imine (C=N–C) groups is 1. The number of hydrogen-bond donors (Lipinski definition) is 2. The first-order valence-electron chi connectivity index (χ1n) is 13.9. The SMILES string of the molecule is [N-]=[N+]=Nc1ccccc1[C@H]1OC(c2ccc(OCCCO)cc2)=N[C@@]1(Cc1ccccc1Br)C(=O)NCc1ccccc1F. The molecule has 4 aromatic carbocycles. The number of aliphatic hydroxyl groups excluding tert-OH is 1. The van der Waals surface area contributed by atoms with Crippen molar-refractivity contribution >= 4 is 33.4 Å². The molecule has 44 heavy (non-hydrogen) atoms. The summed E-state index contributed by atoms with van der Waals surface area (Å²) in [6, 6.07) is 27.7. The second kappa shape index (κ2) is 14.2. The molecule has 0 bridgehead atoms. The summed E-state index contributed by atoms with van der Waals surface area (Å²) in [7, 11) is 0. The molecular formula is C33H29BrFN5O4. The van der Waals surface area contributed by atoms with Crippen LogP contribution < -0.4 is 10.1 Å². The summed E-state index contributed by atoms with van der Waals surface area (Å²) in [6.45, 7) is 0.321. The highest BCUT2D eigenvalue weighted by atomic mass is 79.9. The maximum atomic E-state index is 14.5. The molecule has 4 aromatic rings. The second-order valence-corrected chi connectivity index (χ2v) is 10.9. The highest BCUT2D eigenvalue weighted by Gasteiger charge is 2.54. The summed E-state index contributed by atoms with van der Waals surface area (Å²) >= 11 is 3.60. The number of nitrogens with one attached hydrogen (secondary N) is 1. The lowest BCUT2D eigenvalue weighted by Crippen LogP contribution is -2.49. The van der Waals surface area contributed by atoms with E-state index in [9.17, 15) is 14.7 Å². The molecule has 1 heterocycles. The molecule has 0 fully saturated rings. The van der Waals surface area contributed by atoms with Crippen LogP contribution in [0.15, 0.2) is 112 Å². The molecule has 1 aliphatic heterocycles. The summed E-state index contributed by atoms with van der Waals surface area (Å²) in [6.07, 6.45) is -0.394. The van der Waals surface area contributed by atoms with Crippen LogP contribution in [0, 0.1) is 5.82 Å². The smallest absolute Gasteiger partial charge is 0.252 e. The van der Waals surface area contributed by atoms with Crippen LogP contribution >= 0.6 is 15.9 Å². The minimum absolute atomic E-state index is 0.0278. The van der Waals surface area contributed by atoms with Gasteiger partial charge in [0.1, 0.15) is 11.6 Å². The quantitative estimate of drug-likeness (QED) is 0.0728. The van der Waals surface area contributed by atoms with Crippen molar-refractivity contribution in [2.24, 2.45) is 10.1 Å². The van der Waals surface area contributed by atoms with Gasteiger partial charge in [-0.15, -0.1) is 0 Å². The van der Waals surface area contributed by atoms with E-state index in [1.165, 1.54) is 6.07 Å². The standard InChI is InChI=1S/C33H29BrFN5O4/c34-27-11-4-1-8-23(27)20-33(32(42)37-21-24-9-2-5-12-28(24)35)30(26-10-3-6-13-29(26)39-40-36)44-31(38-33)22-14-16-25(17-15-22)43-19-7-18-41/h1-6,8-17,30,41H,7,18-21H2,(H,37,42)/t30-,33-/m1/s1. The molecule has 9 nitrogen and oxygen atoms in total. The number of nitrogens with zero attached hydrogens (tertiary/aromatic N) is 4. The number of halogens is 2. The van der Waals surface area contributed by atoms with Crippen molar-refractivity contribution in [3.8, 4) is 5.75 Å². The minimum Gasteiger partial charge on any atom is -0.494 e. The zero-order chi connectivity index (χ0) is 30.9. The topological polar surface area (TPSA) is 129 Å². The van der Waals surface area contributed by atoms with Gasteiger partial charge in [0.25, 0.3) is 5.91 Å². The van der Waals surface area contributed by atoms with Crippen LogP contribution in [-0.4, -0.2) is 35.7 Å². The van der Waals surface area contributed by atoms with Gasteiger partial charge in [0.05, 0.1) is 6.61 Å². The van der Waals surface area contributed by atoms with Crippen LogP contribution in [0.2, 0.25) is 0 Å². The average Bonchev–Trinajstić information content (AvgIpc) is 3.43. The number of azide groups is 1. The van der Waals surface area contributed by atoms with Crippen LogP contribution in [0.5, 0.6) is 5.75 Å². The summed E-state index contributed by atoms with van der Waals surface area (Å²) in [4.78, 5) is 22.4. The van der Waals surface area contributed by atoms with Gasteiger partial charge in [0.2, 0.25) is 5.90 Å². The fourth-order valence-electron chi connectivity index (χ4n) is 5.01. The van der Waals surface area contributed by atoms with E-state index in [-0.39, 0.29) is 25.5 Å². The first-order chi connectivity index (χ1) is 21.4. The highest BCUT2D eigenvalue weighted by molar-refractivity contribution is 9.10. The molecule has 1 aliphatic rings. The van der Waals surface area contributed by atoms with Crippen LogP contribution in [-0.2, 0) is 22.5 Å². The van der Waals surface area contributed by atoms with Crippen LogP contribution in [0.25, 0.3) is 10.4 Å². The Morgan fingerprint density at radius 3 is 2.48 bits per heavy atom. The number of carbonyl (C=O) groups excluding carboxylic acids is 1. The van der Waals surface area contributed by atoms with Crippen LogP contribution in [0.3, 0.4) is 0 Å². The third-order valence-electron chi connectivity index (χ3n) is 7.22. The number of ether oxygens (including phenoxy) is 2. The largest absolute Gasteiger partial charge is 0.494 e. The number of rotatable bonds is 12. The molecule has 224 valence electrons. The Labute approximate surface area is 262 Å². The molecule has 2 N–H and O–H groups in total. The predicted molar refractivity (Wildman–Crippen MR) is 168 cm³/mol. The maximum Gasteiger partial charge on any atom is 0.252 e. The highest BCUT2D eigenvalue weighted by Crippen LogP contribution is 2.46. The average molecular weight is 659 g/mol. The Morgan fingerprint density at radius 1 is 1.05 bits per heavy atom. The lowest BCUT2D eigenvalue weighted by atomic mass is 9.81. The first-order valence-corrected chi connectivity index (χ1v) is 14.7. The van der Waals surface area contributed by atoms with Crippen LogP contribution in [0.1, 0.15) is 34.8 Å². The number of hydrogen-bond acceptors (Lipinski definition) is 6. The van der Waals surface area contributed by atoms with E-state index in [2.05, 4.69) is 31.3 Å². The Kier molecular flexibility index (Phi) is 9.91. The third kappa shape index (κ3) is 6.75. The Balaban J connectivity index is 1.62. The van der Waals surface area contributed by atoms with Crippen molar-refractivity contribution in [2.45, 2.75) is 31.0 Å². The molecule has 11 heteroatoms. The normalized spacial score (nSPS) is 17.2. The van der Waals surface area contributed by atoms with Gasteiger partial charge in [-0.2, -0.15) is 0 Å². The minimum atomic E-state index is -1.58. The molecule has 0 radical (unpaired) electrons. The van der Waals surface area contributed by atoms with Gasteiger partial charge in [-0.05, 0) is 47.5 Å². The lowest BCUT2D eigenvalue weighted by Gasteiger charge is -2.31. The molecule has 0 unspecified atom stereocenters. The monoisotopic (exact) mass is 657 g/mol. The Bertz CT molecular complexity index is 1710. The van der Waals surface area contributed by atoms with Crippen molar-refractivity contribution in [3.63, 3.8) is 0 Å². The van der Waals surface area contributed by atoms with E-state index in [0.717, 1.165) is 10.0 Å². The molecule has 0 aromatic heterocycles. The molecule has 0 aliphatic carbocycles. The molecule has 0 spiro atoms. The van der Waals surface area contributed by atoms with Gasteiger partial charge in [-0.1, -0.05) is 81.7 Å².